The fourth-order valence-corrected chi connectivity index (χ4v) is 3.94. The van der Waals surface area contributed by atoms with E-state index in [1.807, 2.05) is 34.9 Å². The number of ether oxygens (including phenoxy) is 2. The molecule has 2 aromatic rings. The van der Waals surface area contributed by atoms with E-state index in [0.717, 1.165) is 12.1 Å². The van der Waals surface area contributed by atoms with Gasteiger partial charge in [0.15, 0.2) is 0 Å². The molecule has 1 aliphatic heterocycles. The van der Waals surface area contributed by atoms with Crippen molar-refractivity contribution in [3.8, 4) is 0 Å². The van der Waals surface area contributed by atoms with Gasteiger partial charge in [-0.05, 0) is 41.8 Å². The molecule has 0 spiro atoms. The molecule has 0 radical (unpaired) electrons. The van der Waals surface area contributed by atoms with Gasteiger partial charge in [-0.15, -0.1) is 0 Å². The van der Waals surface area contributed by atoms with Crippen LogP contribution >= 0.6 is 0 Å². The van der Waals surface area contributed by atoms with Crippen molar-refractivity contribution in [2.24, 2.45) is 0 Å². The average Bonchev–Trinajstić information content (AvgIpc) is 2.83. The third kappa shape index (κ3) is 7.97. The van der Waals surface area contributed by atoms with Gasteiger partial charge in [-0.3, -0.25) is 0 Å². The van der Waals surface area contributed by atoms with Crippen LogP contribution in [0.3, 0.4) is 0 Å². The van der Waals surface area contributed by atoms with Crippen molar-refractivity contribution in [3.05, 3.63) is 35.9 Å². The number of nitrogens with zero attached hydrogens (tertiary/aromatic N) is 8. The van der Waals surface area contributed by atoms with E-state index >= 15 is 0 Å². The summed E-state index contributed by atoms with van der Waals surface area (Å²) in [5, 5.41) is 0. The number of likely N-dealkylation sites (N-methyl/N-ethyl adjacent to an activating group) is 1. The predicted octanol–water partition coefficient (Wildman–Crippen LogP) is 2.07. The Balaban J connectivity index is 1.67. The van der Waals surface area contributed by atoms with Crippen LogP contribution in [-0.4, -0.2) is 107 Å². The van der Waals surface area contributed by atoms with E-state index in [1.165, 1.54) is 17.3 Å². The number of carbonyl (C=O) groups excluding carboxylic acids is 2. The zero-order chi connectivity index (χ0) is 27.2. The molecule has 0 unspecified atom stereocenters. The molecule has 0 bridgehead atoms. The van der Waals surface area contributed by atoms with Crippen LogP contribution in [0, 0.1) is 0 Å². The molecule has 0 aromatic carbocycles. The SMILES string of the molecule is CCOC(=O)c1cnc(N2CCN(c3ncc(CN(C)C(=O)OC(C)(C)C)cn3)C[C@@H]2CN(C)C)nc1. The summed E-state index contributed by atoms with van der Waals surface area (Å²) in [6.45, 7) is 10.7. The Morgan fingerprint density at radius 1 is 1.00 bits per heavy atom. The summed E-state index contributed by atoms with van der Waals surface area (Å²) in [5.41, 5.74) is 0.597. The van der Waals surface area contributed by atoms with E-state index in [1.54, 1.807) is 26.4 Å². The first-order valence-corrected chi connectivity index (χ1v) is 12.4. The maximum Gasteiger partial charge on any atom is 0.410 e. The zero-order valence-corrected chi connectivity index (χ0v) is 22.8. The first-order chi connectivity index (χ1) is 17.5. The van der Waals surface area contributed by atoms with Gasteiger partial charge in [0.25, 0.3) is 0 Å². The number of rotatable bonds is 8. The van der Waals surface area contributed by atoms with Crippen molar-refractivity contribution >= 4 is 24.0 Å². The van der Waals surface area contributed by atoms with Gasteiger partial charge < -0.3 is 29.1 Å². The Hall–Kier alpha value is -3.54. The number of aromatic nitrogens is 4. The number of hydrogen-bond acceptors (Lipinski definition) is 11. The van der Waals surface area contributed by atoms with Crippen LogP contribution in [0.25, 0.3) is 0 Å². The van der Waals surface area contributed by atoms with Crippen molar-refractivity contribution < 1.29 is 19.1 Å². The van der Waals surface area contributed by atoms with Gasteiger partial charge in [0.1, 0.15) is 5.60 Å². The lowest BCUT2D eigenvalue weighted by Crippen LogP contribution is -2.57. The second-order valence-electron chi connectivity index (χ2n) is 10.3. The monoisotopic (exact) mass is 514 g/mol. The van der Waals surface area contributed by atoms with Crippen molar-refractivity contribution in [2.45, 2.75) is 45.9 Å². The van der Waals surface area contributed by atoms with Crippen LogP contribution in [0.2, 0.25) is 0 Å². The van der Waals surface area contributed by atoms with Crippen LogP contribution in [0.4, 0.5) is 16.7 Å². The third-order valence-corrected chi connectivity index (χ3v) is 5.56. The minimum absolute atomic E-state index is 0.0822. The van der Waals surface area contributed by atoms with Gasteiger partial charge in [-0.25, -0.2) is 29.5 Å². The molecule has 1 amide bonds. The van der Waals surface area contributed by atoms with Crippen LogP contribution < -0.4 is 9.80 Å². The minimum atomic E-state index is -0.551. The third-order valence-electron chi connectivity index (χ3n) is 5.56. The molecular formula is C25H38N8O4. The normalized spacial score (nSPS) is 16.1. The summed E-state index contributed by atoms with van der Waals surface area (Å²) >= 11 is 0. The summed E-state index contributed by atoms with van der Waals surface area (Å²) < 4.78 is 10.4. The molecule has 12 nitrogen and oxygen atoms in total. The van der Waals surface area contributed by atoms with Crippen LogP contribution in [0.15, 0.2) is 24.8 Å². The lowest BCUT2D eigenvalue weighted by Gasteiger charge is -2.42. The molecule has 3 rings (SSSR count). The largest absolute Gasteiger partial charge is 0.462 e. The highest BCUT2D eigenvalue weighted by atomic mass is 16.6. The quantitative estimate of drug-likeness (QED) is 0.482. The molecule has 12 heteroatoms. The van der Waals surface area contributed by atoms with Gasteiger partial charge >= 0.3 is 12.1 Å². The Kier molecular flexibility index (Phi) is 9.19. The average molecular weight is 515 g/mol. The predicted molar refractivity (Wildman–Crippen MR) is 140 cm³/mol. The van der Waals surface area contributed by atoms with Crippen LogP contribution in [0.1, 0.15) is 43.6 Å². The fourth-order valence-electron chi connectivity index (χ4n) is 3.94. The highest BCUT2D eigenvalue weighted by Crippen LogP contribution is 2.20. The van der Waals surface area contributed by atoms with Gasteiger partial charge in [0.2, 0.25) is 11.9 Å². The number of esters is 1. The molecule has 0 N–H and O–H groups in total. The van der Waals surface area contributed by atoms with E-state index in [2.05, 4.69) is 34.6 Å². The summed E-state index contributed by atoms with van der Waals surface area (Å²) in [4.78, 5) is 50.1. The zero-order valence-electron chi connectivity index (χ0n) is 22.8. The van der Waals surface area contributed by atoms with Crippen molar-refractivity contribution in [3.63, 3.8) is 0 Å². The first kappa shape index (κ1) is 28.0. The van der Waals surface area contributed by atoms with E-state index in [-0.39, 0.29) is 6.04 Å². The summed E-state index contributed by atoms with van der Waals surface area (Å²) in [7, 11) is 5.73. The molecule has 2 aromatic heterocycles. The van der Waals surface area contributed by atoms with Crippen LogP contribution in [-0.2, 0) is 16.0 Å². The second-order valence-corrected chi connectivity index (χ2v) is 10.3. The molecule has 1 fully saturated rings. The highest BCUT2D eigenvalue weighted by Gasteiger charge is 2.30. The summed E-state index contributed by atoms with van der Waals surface area (Å²) in [6.07, 6.45) is 6.11. The fraction of sp³-hybridized carbons (Fsp3) is 0.600. The number of hydrogen-bond donors (Lipinski definition) is 0. The highest BCUT2D eigenvalue weighted by molar-refractivity contribution is 5.88. The maximum atomic E-state index is 12.2. The number of amides is 1. The van der Waals surface area contributed by atoms with Crippen molar-refractivity contribution in [1.29, 1.82) is 0 Å². The number of carbonyl (C=O) groups is 2. The Morgan fingerprint density at radius 2 is 1.62 bits per heavy atom. The topological polar surface area (TPSA) is 117 Å². The number of piperazine rings is 1. The lowest BCUT2D eigenvalue weighted by atomic mass is 10.1. The lowest BCUT2D eigenvalue weighted by molar-refractivity contribution is 0.0284. The smallest absolute Gasteiger partial charge is 0.410 e. The molecular weight excluding hydrogens is 476 g/mol. The minimum Gasteiger partial charge on any atom is -0.462 e. The second kappa shape index (κ2) is 12.1. The van der Waals surface area contributed by atoms with E-state index in [9.17, 15) is 9.59 Å². The molecule has 1 aliphatic rings. The summed E-state index contributed by atoms with van der Waals surface area (Å²) in [6, 6.07) is 0.0822. The Labute approximate surface area is 218 Å². The van der Waals surface area contributed by atoms with Crippen molar-refractivity contribution in [2.75, 3.05) is 63.7 Å². The molecule has 3 heterocycles. The van der Waals surface area contributed by atoms with E-state index in [0.29, 0.717) is 50.2 Å². The van der Waals surface area contributed by atoms with E-state index in [4.69, 9.17) is 9.47 Å². The molecule has 1 atom stereocenters. The standard InChI is InChI=1S/C25H38N8O4/c1-8-36-21(34)19-13-28-23(29-14-19)33-10-9-32(17-20(33)16-30(5)6)22-26-11-18(12-27-22)15-31(7)24(35)37-25(2,3)4/h11-14,20H,8-10,15-17H2,1-7H3/t20-/m0/s1. The molecule has 1 saturated heterocycles. The maximum absolute atomic E-state index is 12.2. The Morgan fingerprint density at radius 3 is 2.19 bits per heavy atom. The molecule has 0 saturated carbocycles. The molecule has 202 valence electrons. The van der Waals surface area contributed by atoms with E-state index < -0.39 is 17.7 Å². The molecule has 0 aliphatic carbocycles. The van der Waals surface area contributed by atoms with Gasteiger partial charge in [0, 0.05) is 63.6 Å². The van der Waals surface area contributed by atoms with Crippen molar-refractivity contribution in [1.82, 2.24) is 29.7 Å². The van der Waals surface area contributed by atoms with Gasteiger partial charge in [-0.1, -0.05) is 0 Å². The number of anilines is 2. The Bertz CT molecular complexity index is 1040. The van der Waals surface area contributed by atoms with Gasteiger partial charge in [-0.2, -0.15) is 0 Å². The molecule has 37 heavy (non-hydrogen) atoms. The summed E-state index contributed by atoms with van der Waals surface area (Å²) in [5.74, 6) is 0.772. The van der Waals surface area contributed by atoms with Crippen LogP contribution in [0.5, 0.6) is 0 Å². The first-order valence-electron chi connectivity index (χ1n) is 12.4. The van der Waals surface area contributed by atoms with Gasteiger partial charge in [0.05, 0.1) is 24.8 Å².